The van der Waals surface area contributed by atoms with Crippen LogP contribution in [0, 0.1) is 0 Å². The third-order valence-electron chi connectivity index (χ3n) is 7.18. The van der Waals surface area contributed by atoms with Crippen molar-refractivity contribution in [2.75, 3.05) is 19.8 Å². The van der Waals surface area contributed by atoms with E-state index in [2.05, 4.69) is 9.73 Å². The van der Waals surface area contributed by atoms with Gasteiger partial charge in [-0.2, -0.15) is 0 Å². The zero-order valence-corrected chi connectivity index (χ0v) is 22.0. The summed E-state index contributed by atoms with van der Waals surface area (Å²) in [7, 11) is -0.572. The van der Waals surface area contributed by atoms with E-state index in [-0.39, 0.29) is 18.4 Å². The van der Waals surface area contributed by atoms with E-state index >= 15 is 0 Å². The molecule has 1 aliphatic carbocycles. The highest BCUT2D eigenvalue weighted by Crippen LogP contribution is 2.55. The summed E-state index contributed by atoms with van der Waals surface area (Å²) >= 11 is 0. The molecule has 5 rings (SSSR count). The Labute approximate surface area is 226 Å². The number of benzene rings is 2. The molecule has 2 aliphatic heterocycles. The van der Waals surface area contributed by atoms with Crippen molar-refractivity contribution in [3.63, 3.8) is 0 Å². The van der Waals surface area contributed by atoms with Crippen LogP contribution in [0.4, 0.5) is 13.2 Å². The van der Waals surface area contributed by atoms with Crippen LogP contribution in [-0.4, -0.2) is 58.9 Å². The van der Waals surface area contributed by atoms with Crippen molar-refractivity contribution in [2.24, 2.45) is 4.99 Å². The van der Waals surface area contributed by atoms with Gasteiger partial charge in [-0.05, 0) is 74.6 Å². The average Bonchev–Trinajstić information content (AvgIpc) is 3.61. The predicted molar refractivity (Wildman–Crippen MR) is 139 cm³/mol. The van der Waals surface area contributed by atoms with Gasteiger partial charge in [-0.25, -0.2) is 10.5 Å². The van der Waals surface area contributed by atoms with E-state index in [0.29, 0.717) is 37.7 Å². The number of alkyl halides is 3. The van der Waals surface area contributed by atoms with Crippen molar-refractivity contribution < 1.29 is 42.1 Å². The fourth-order valence-electron chi connectivity index (χ4n) is 5.14. The van der Waals surface area contributed by atoms with E-state index in [9.17, 15) is 23.2 Å². The first-order valence-electron chi connectivity index (χ1n) is 12.6. The van der Waals surface area contributed by atoms with Crippen LogP contribution in [-0.2, 0) is 14.3 Å². The number of nitrogens with one attached hydrogen (secondary N) is 1. The van der Waals surface area contributed by atoms with Crippen molar-refractivity contribution in [1.82, 2.24) is 5.48 Å². The summed E-state index contributed by atoms with van der Waals surface area (Å²) in [5.74, 6) is 0.336. The molecule has 1 saturated heterocycles. The predicted octanol–water partition coefficient (Wildman–Crippen LogP) is 5.17. The molecule has 8 nitrogen and oxygen atoms in total. The van der Waals surface area contributed by atoms with Gasteiger partial charge in [0, 0.05) is 18.1 Å². The minimum absolute atomic E-state index is 0.104. The normalized spacial score (nSPS) is 22.1. The molecule has 2 atom stereocenters. The second kappa shape index (κ2) is 10.8. The number of aliphatic imine (C=N–C) groups is 1. The average molecular weight is 567 g/mol. The smallest absolute Gasteiger partial charge is 0.484 e. The Morgan fingerprint density at radius 2 is 1.74 bits per heavy atom. The maximum absolute atomic E-state index is 12.7. The highest BCUT2D eigenvalue weighted by atomic mass is 32.2. The van der Waals surface area contributed by atoms with Gasteiger partial charge in [-0.15, -0.1) is 23.7 Å². The number of carbonyl (C=O) groups excluding carboxylic acids is 1. The number of carbonyl (C=O) groups is 1. The third kappa shape index (κ3) is 5.78. The van der Waals surface area contributed by atoms with Crippen LogP contribution in [0.5, 0.6) is 11.5 Å². The lowest BCUT2D eigenvalue weighted by Gasteiger charge is -2.38. The number of ether oxygens (including phenoxy) is 4. The second-order valence-corrected chi connectivity index (χ2v) is 12.0. The SMILES string of the molecule is C/C=S(\c1ccc(OCC2=NC(c3ccc(OC(F)(F)F)cc3)C3(CC3)O2)cc1)C1(C(=O)NO)CCOCC1. The number of hydrogen-bond acceptors (Lipinski definition) is 7. The molecule has 12 heteroatoms. The molecule has 2 unspecified atom stereocenters. The van der Waals surface area contributed by atoms with E-state index < -0.39 is 33.1 Å². The molecule has 1 saturated carbocycles. The van der Waals surface area contributed by atoms with Gasteiger partial charge in [0.05, 0.1) is 4.75 Å². The Morgan fingerprint density at radius 3 is 2.31 bits per heavy atom. The summed E-state index contributed by atoms with van der Waals surface area (Å²) in [5, 5.41) is 11.4. The van der Waals surface area contributed by atoms with Gasteiger partial charge in [0.1, 0.15) is 23.1 Å². The molecule has 1 spiro atoms. The molecule has 2 fully saturated rings. The molecule has 0 radical (unpaired) electrons. The lowest BCUT2D eigenvalue weighted by atomic mass is 9.98. The Kier molecular flexibility index (Phi) is 7.62. The van der Waals surface area contributed by atoms with Gasteiger partial charge in [0.15, 0.2) is 6.61 Å². The first kappa shape index (κ1) is 27.5. The Bertz CT molecular complexity index is 1250. The maximum Gasteiger partial charge on any atom is 0.573 e. The van der Waals surface area contributed by atoms with Crippen LogP contribution >= 0.6 is 10.5 Å². The van der Waals surface area contributed by atoms with Gasteiger partial charge in [-0.3, -0.25) is 10.0 Å². The summed E-state index contributed by atoms with van der Waals surface area (Å²) in [4.78, 5) is 18.3. The highest BCUT2D eigenvalue weighted by molar-refractivity contribution is 8.16. The number of rotatable bonds is 8. The van der Waals surface area contributed by atoms with Crippen molar-refractivity contribution >= 4 is 27.7 Å². The fourth-order valence-corrected chi connectivity index (χ4v) is 7.59. The molecule has 3 aliphatic rings. The molecule has 0 aromatic heterocycles. The monoisotopic (exact) mass is 566 g/mol. The van der Waals surface area contributed by atoms with Gasteiger partial charge < -0.3 is 18.9 Å². The van der Waals surface area contributed by atoms with E-state index in [0.717, 1.165) is 23.3 Å². The van der Waals surface area contributed by atoms with Gasteiger partial charge in [-0.1, -0.05) is 17.5 Å². The largest absolute Gasteiger partial charge is 0.573 e. The van der Waals surface area contributed by atoms with Crippen molar-refractivity contribution in [3.05, 3.63) is 54.1 Å². The molecule has 2 heterocycles. The molecule has 2 N–H and O–H groups in total. The lowest BCUT2D eigenvalue weighted by molar-refractivity contribution is -0.274. The van der Waals surface area contributed by atoms with Crippen LogP contribution in [0.3, 0.4) is 0 Å². The molecule has 210 valence electrons. The van der Waals surface area contributed by atoms with E-state index in [1.165, 1.54) is 12.1 Å². The zero-order chi connectivity index (χ0) is 27.7. The minimum atomic E-state index is -4.74. The van der Waals surface area contributed by atoms with Gasteiger partial charge >= 0.3 is 6.36 Å². The van der Waals surface area contributed by atoms with Crippen molar-refractivity contribution in [3.8, 4) is 11.5 Å². The number of hydroxylamine groups is 1. The molecular weight excluding hydrogens is 537 g/mol. The first-order chi connectivity index (χ1) is 18.7. The van der Waals surface area contributed by atoms with E-state index in [1.54, 1.807) is 12.1 Å². The van der Waals surface area contributed by atoms with Crippen LogP contribution in [0.1, 0.15) is 44.2 Å². The standard InChI is InChI=1S/C27H29F3N2O6S/c1-2-39(26(24(33)32-34)13-15-35-16-14-26)21-9-7-19(8-10-21)36-17-22-31-23(25(38-22)11-12-25)18-3-5-20(6-4-18)37-27(28,29)30/h2-10,23,34H,11-17H2,1H3,(H,32,33). The molecule has 2 aromatic rings. The zero-order valence-electron chi connectivity index (χ0n) is 21.2. The summed E-state index contributed by atoms with van der Waals surface area (Å²) in [6.07, 6.45) is -2.14. The topological polar surface area (TPSA) is 98.6 Å². The number of hydrogen-bond donors (Lipinski definition) is 2. The molecule has 1 amide bonds. The molecular formula is C27H29F3N2O6S. The van der Waals surface area contributed by atoms with Crippen molar-refractivity contribution in [1.29, 1.82) is 0 Å². The third-order valence-corrected chi connectivity index (χ3v) is 9.86. The Balaban J connectivity index is 1.25. The van der Waals surface area contributed by atoms with Crippen molar-refractivity contribution in [2.45, 2.75) is 60.3 Å². The van der Waals surface area contributed by atoms with Crippen LogP contribution in [0.2, 0.25) is 0 Å². The Hall–Kier alpha value is -3.09. The highest BCUT2D eigenvalue weighted by Gasteiger charge is 2.57. The number of nitrogens with zero attached hydrogens (tertiary/aromatic N) is 1. The quantitative estimate of drug-likeness (QED) is 0.260. The van der Waals surface area contributed by atoms with E-state index in [1.807, 2.05) is 42.0 Å². The number of amides is 1. The summed E-state index contributed by atoms with van der Waals surface area (Å²) in [6.45, 7) is 2.91. The molecule has 0 bridgehead atoms. The summed E-state index contributed by atoms with van der Waals surface area (Å²) < 4.78 is 58.1. The summed E-state index contributed by atoms with van der Waals surface area (Å²) in [5.41, 5.74) is 2.12. The second-order valence-electron chi connectivity index (χ2n) is 9.59. The van der Waals surface area contributed by atoms with Gasteiger partial charge in [0.2, 0.25) is 5.90 Å². The fraction of sp³-hybridized carbons (Fsp3) is 0.444. The number of halogens is 3. The lowest BCUT2D eigenvalue weighted by Crippen LogP contribution is -2.48. The molecule has 2 aromatic carbocycles. The van der Waals surface area contributed by atoms with Crippen LogP contribution in [0.15, 0.2) is 58.4 Å². The Morgan fingerprint density at radius 1 is 1.10 bits per heavy atom. The van der Waals surface area contributed by atoms with Gasteiger partial charge in [0.25, 0.3) is 5.91 Å². The first-order valence-corrected chi connectivity index (χ1v) is 13.9. The molecule has 39 heavy (non-hydrogen) atoms. The van der Waals surface area contributed by atoms with Crippen LogP contribution < -0.4 is 15.0 Å². The summed E-state index contributed by atoms with van der Waals surface area (Å²) in [6, 6.07) is 12.8. The van der Waals surface area contributed by atoms with Crippen LogP contribution in [0.25, 0.3) is 0 Å². The minimum Gasteiger partial charge on any atom is -0.484 e. The maximum atomic E-state index is 12.7. The van der Waals surface area contributed by atoms with E-state index in [4.69, 9.17) is 14.2 Å².